The summed E-state index contributed by atoms with van der Waals surface area (Å²) in [5, 5.41) is 8.71. The molecule has 0 heterocycles. The van der Waals surface area contributed by atoms with Gasteiger partial charge in [0.15, 0.2) is 0 Å². The third-order valence-corrected chi connectivity index (χ3v) is 3.97. The monoisotopic (exact) mass is 318 g/mol. The van der Waals surface area contributed by atoms with Gasteiger partial charge >= 0.3 is 11.9 Å². The van der Waals surface area contributed by atoms with Crippen molar-refractivity contribution < 1.29 is 28.9 Å². The normalized spacial score (nSPS) is 14.3. The number of carbonyl (C=O) groups excluding carboxylic acids is 2. The predicted octanol–water partition coefficient (Wildman–Crippen LogP) is 1.93. The Balaban J connectivity index is 4.58. The van der Waals surface area contributed by atoms with Crippen LogP contribution in [0, 0.1) is 10.8 Å². The smallest absolute Gasteiger partial charge is 0.311 e. The van der Waals surface area contributed by atoms with Crippen LogP contribution in [-0.4, -0.2) is 50.6 Å². The van der Waals surface area contributed by atoms with Gasteiger partial charge in [-0.05, 0) is 40.0 Å². The van der Waals surface area contributed by atoms with Gasteiger partial charge in [-0.2, -0.15) is 0 Å². The van der Waals surface area contributed by atoms with Crippen LogP contribution in [0.4, 0.5) is 0 Å². The first-order chi connectivity index (χ1) is 10.2. The van der Waals surface area contributed by atoms with Crippen molar-refractivity contribution >= 4 is 11.9 Å². The van der Waals surface area contributed by atoms with Crippen molar-refractivity contribution in [3.63, 3.8) is 0 Å². The number of esters is 2. The van der Waals surface area contributed by atoms with E-state index in [1.54, 1.807) is 21.0 Å². The van der Waals surface area contributed by atoms with Gasteiger partial charge in [0.25, 0.3) is 0 Å². The van der Waals surface area contributed by atoms with E-state index in [1.165, 1.54) is 0 Å². The molecule has 0 aliphatic rings. The number of aliphatic hydroxyl groups is 1. The van der Waals surface area contributed by atoms with E-state index in [2.05, 4.69) is 0 Å². The number of hydrogen-bond donors (Lipinski definition) is 1. The molecule has 0 fully saturated rings. The highest BCUT2D eigenvalue weighted by Crippen LogP contribution is 2.35. The summed E-state index contributed by atoms with van der Waals surface area (Å²) in [6.45, 7) is 7.72. The molecular formula is C16H30O6. The summed E-state index contributed by atoms with van der Waals surface area (Å²) in [5.41, 5.74) is -1.35. The zero-order valence-corrected chi connectivity index (χ0v) is 14.4. The maximum Gasteiger partial charge on any atom is 0.311 e. The van der Waals surface area contributed by atoms with E-state index >= 15 is 0 Å². The average molecular weight is 318 g/mol. The lowest BCUT2D eigenvalue weighted by molar-refractivity contribution is -0.160. The highest BCUT2D eigenvalue weighted by Gasteiger charge is 2.37. The van der Waals surface area contributed by atoms with Crippen LogP contribution in [0.15, 0.2) is 0 Å². The quantitative estimate of drug-likeness (QED) is 0.463. The van der Waals surface area contributed by atoms with Gasteiger partial charge < -0.3 is 19.3 Å². The van der Waals surface area contributed by atoms with Gasteiger partial charge in [0.05, 0.1) is 24.0 Å². The Morgan fingerprint density at radius 2 is 1.55 bits per heavy atom. The molecule has 0 amide bonds. The van der Waals surface area contributed by atoms with Gasteiger partial charge in [-0.15, -0.1) is 0 Å². The van der Waals surface area contributed by atoms with Crippen molar-refractivity contribution in [2.24, 2.45) is 10.8 Å². The molecule has 0 aliphatic carbocycles. The molecule has 0 saturated carbocycles. The minimum Gasteiger partial charge on any atom is -0.463 e. The summed E-state index contributed by atoms with van der Waals surface area (Å²) in [4.78, 5) is 24.1. The maximum absolute atomic E-state index is 12.2. The summed E-state index contributed by atoms with van der Waals surface area (Å²) in [7, 11) is 1.55. The number of ether oxygens (including phenoxy) is 3. The molecule has 1 atom stereocenters. The molecule has 0 spiro atoms. The minimum atomic E-state index is -0.710. The van der Waals surface area contributed by atoms with Crippen molar-refractivity contribution in [2.75, 3.05) is 33.5 Å². The van der Waals surface area contributed by atoms with E-state index in [0.717, 1.165) is 0 Å². The fourth-order valence-corrected chi connectivity index (χ4v) is 1.84. The number of hydrogen-bond acceptors (Lipinski definition) is 6. The van der Waals surface area contributed by atoms with Gasteiger partial charge in [-0.3, -0.25) is 9.59 Å². The Morgan fingerprint density at radius 1 is 0.955 bits per heavy atom. The highest BCUT2D eigenvalue weighted by molar-refractivity contribution is 5.77. The van der Waals surface area contributed by atoms with E-state index in [1.807, 2.05) is 13.8 Å². The first-order valence-corrected chi connectivity index (χ1v) is 7.67. The molecule has 0 bridgehead atoms. The maximum atomic E-state index is 12.2. The van der Waals surface area contributed by atoms with Gasteiger partial charge in [0, 0.05) is 7.11 Å². The summed E-state index contributed by atoms with van der Waals surface area (Å²) in [6, 6.07) is 0. The lowest BCUT2D eigenvalue weighted by Crippen LogP contribution is -2.34. The molecule has 0 rings (SSSR count). The van der Waals surface area contributed by atoms with Crippen LogP contribution in [0.3, 0.4) is 0 Å². The molecule has 22 heavy (non-hydrogen) atoms. The summed E-state index contributed by atoms with van der Waals surface area (Å²) >= 11 is 0. The Labute approximate surface area is 133 Å². The number of methoxy groups -OCH3 is 1. The second kappa shape index (κ2) is 9.79. The first kappa shape index (κ1) is 20.9. The van der Waals surface area contributed by atoms with Crippen molar-refractivity contribution in [3.05, 3.63) is 0 Å². The molecule has 1 unspecified atom stereocenters. The largest absolute Gasteiger partial charge is 0.463 e. The van der Waals surface area contributed by atoms with Crippen LogP contribution in [0.2, 0.25) is 0 Å². The molecule has 6 nitrogen and oxygen atoms in total. The zero-order valence-electron chi connectivity index (χ0n) is 14.4. The average Bonchev–Trinajstić information content (AvgIpc) is 2.50. The van der Waals surface area contributed by atoms with Crippen molar-refractivity contribution in [1.29, 1.82) is 0 Å². The molecule has 0 aliphatic heterocycles. The first-order valence-electron chi connectivity index (χ1n) is 7.67. The van der Waals surface area contributed by atoms with Crippen LogP contribution < -0.4 is 0 Å². The fourth-order valence-electron chi connectivity index (χ4n) is 1.84. The summed E-state index contributed by atoms with van der Waals surface area (Å²) in [6.07, 6.45) is 1.65. The van der Waals surface area contributed by atoms with Crippen LogP contribution in [-0.2, 0) is 23.8 Å². The molecule has 0 radical (unpaired) electrons. The molecule has 6 heteroatoms. The van der Waals surface area contributed by atoms with E-state index in [9.17, 15) is 9.59 Å². The van der Waals surface area contributed by atoms with Gasteiger partial charge in [-0.25, -0.2) is 0 Å². The standard InChI is InChI=1S/C16H30O6/c1-6-16(4,14(19)22-12-11-20-5)8-7-15(2,3)13(18)21-10-9-17/h17H,6-12H2,1-5H3. The van der Waals surface area contributed by atoms with Crippen molar-refractivity contribution in [3.8, 4) is 0 Å². The molecule has 0 aromatic heterocycles. The predicted molar refractivity (Wildman–Crippen MR) is 82.3 cm³/mol. The summed E-state index contributed by atoms with van der Waals surface area (Å²) < 4.78 is 15.1. The molecule has 130 valence electrons. The SMILES string of the molecule is CCC(C)(CCC(C)(C)C(=O)OCCO)C(=O)OCCOC. The number of rotatable bonds is 11. The Hall–Kier alpha value is -1.14. The fraction of sp³-hybridized carbons (Fsp3) is 0.875. The van der Waals surface area contributed by atoms with Gasteiger partial charge in [0.2, 0.25) is 0 Å². The lowest BCUT2D eigenvalue weighted by atomic mass is 9.76. The van der Waals surface area contributed by atoms with Gasteiger partial charge in [0.1, 0.15) is 13.2 Å². The van der Waals surface area contributed by atoms with Crippen LogP contribution >= 0.6 is 0 Å². The lowest BCUT2D eigenvalue weighted by Gasteiger charge is -2.30. The Kier molecular flexibility index (Phi) is 9.28. The van der Waals surface area contributed by atoms with E-state index in [4.69, 9.17) is 19.3 Å². The molecule has 0 aromatic rings. The van der Waals surface area contributed by atoms with Gasteiger partial charge in [-0.1, -0.05) is 6.92 Å². The Bertz CT molecular complexity index is 353. The third-order valence-electron chi connectivity index (χ3n) is 3.97. The van der Waals surface area contributed by atoms with E-state index in [0.29, 0.717) is 25.9 Å². The molecule has 0 aromatic carbocycles. The van der Waals surface area contributed by atoms with E-state index < -0.39 is 10.8 Å². The second-order valence-electron chi connectivity index (χ2n) is 6.29. The summed E-state index contributed by atoms with van der Waals surface area (Å²) in [5.74, 6) is -0.640. The van der Waals surface area contributed by atoms with Crippen LogP contribution in [0.1, 0.15) is 47.0 Å². The van der Waals surface area contributed by atoms with Crippen molar-refractivity contribution in [2.45, 2.75) is 47.0 Å². The highest BCUT2D eigenvalue weighted by atomic mass is 16.6. The van der Waals surface area contributed by atoms with E-state index in [-0.39, 0.29) is 31.8 Å². The number of carbonyl (C=O) groups is 2. The topological polar surface area (TPSA) is 82.1 Å². The molecular weight excluding hydrogens is 288 g/mol. The number of aliphatic hydroxyl groups excluding tert-OH is 1. The zero-order chi connectivity index (χ0) is 17.2. The molecule has 1 N–H and O–H groups in total. The minimum absolute atomic E-state index is 0.00757. The molecule has 0 saturated heterocycles. The van der Waals surface area contributed by atoms with Crippen LogP contribution in [0.25, 0.3) is 0 Å². The van der Waals surface area contributed by atoms with Crippen molar-refractivity contribution in [1.82, 2.24) is 0 Å². The Morgan fingerprint density at radius 3 is 2.05 bits per heavy atom. The van der Waals surface area contributed by atoms with Crippen LogP contribution in [0.5, 0.6) is 0 Å². The second-order valence-corrected chi connectivity index (χ2v) is 6.29. The third kappa shape index (κ3) is 6.75.